The number of guanidine groups is 1. The number of nitrogens with zero attached hydrogens (tertiary/aromatic N) is 4. The minimum absolute atomic E-state index is 0.273. The van der Waals surface area contributed by atoms with E-state index in [-0.39, 0.29) is 6.04 Å². The number of rotatable bonds is 7. The van der Waals surface area contributed by atoms with Gasteiger partial charge >= 0.3 is 0 Å². The van der Waals surface area contributed by atoms with Gasteiger partial charge < -0.3 is 20.1 Å². The molecule has 0 saturated carbocycles. The molecule has 1 aliphatic rings. The quantitative estimate of drug-likeness (QED) is 0.554. The molecule has 1 aliphatic heterocycles. The summed E-state index contributed by atoms with van der Waals surface area (Å²) in [4.78, 5) is 8.88. The fraction of sp³-hybridized carbons (Fsp3) is 0.550. The van der Waals surface area contributed by atoms with Crippen LogP contribution in [0.1, 0.15) is 29.2 Å². The zero-order chi connectivity index (χ0) is 19.9. The van der Waals surface area contributed by atoms with Crippen LogP contribution >= 0.6 is 0 Å². The highest BCUT2D eigenvalue weighted by Gasteiger charge is 2.22. The summed E-state index contributed by atoms with van der Waals surface area (Å²) in [5, 5.41) is 11.4. The number of hydrogen-bond acceptors (Lipinski definition) is 5. The van der Waals surface area contributed by atoms with Gasteiger partial charge in [0.05, 0.1) is 13.7 Å². The molecule has 0 bridgehead atoms. The minimum Gasteiger partial charge on any atom is -0.496 e. The second kappa shape index (κ2) is 9.54. The SMILES string of the molecule is CN=C(NCCc1ccc(C)c(OC)c1)NC1CCc2nc(COC)nn2C1. The number of nitrogens with one attached hydrogen (secondary N) is 2. The Morgan fingerprint density at radius 2 is 2.21 bits per heavy atom. The van der Waals surface area contributed by atoms with Crippen molar-refractivity contribution in [2.24, 2.45) is 4.99 Å². The number of aromatic nitrogens is 3. The number of benzene rings is 1. The predicted molar refractivity (Wildman–Crippen MR) is 109 cm³/mol. The van der Waals surface area contributed by atoms with E-state index in [2.05, 4.69) is 50.8 Å². The minimum atomic E-state index is 0.273. The van der Waals surface area contributed by atoms with E-state index in [0.29, 0.717) is 6.61 Å². The zero-order valence-electron chi connectivity index (χ0n) is 17.2. The number of aryl methyl sites for hydroxylation is 2. The summed E-state index contributed by atoms with van der Waals surface area (Å²) in [5.41, 5.74) is 2.39. The van der Waals surface area contributed by atoms with Crippen molar-refractivity contribution >= 4 is 5.96 Å². The topological polar surface area (TPSA) is 85.6 Å². The number of aliphatic imine (C=N–C) groups is 1. The van der Waals surface area contributed by atoms with Gasteiger partial charge in [-0.05, 0) is 37.0 Å². The van der Waals surface area contributed by atoms with E-state index in [1.165, 1.54) is 5.56 Å². The summed E-state index contributed by atoms with van der Waals surface area (Å²) < 4.78 is 12.5. The average Bonchev–Trinajstić information content (AvgIpc) is 3.10. The van der Waals surface area contributed by atoms with Crippen LogP contribution < -0.4 is 15.4 Å². The van der Waals surface area contributed by atoms with Crippen molar-refractivity contribution in [2.75, 3.05) is 27.8 Å². The van der Waals surface area contributed by atoms with Crippen LogP contribution in [0, 0.1) is 6.92 Å². The highest BCUT2D eigenvalue weighted by molar-refractivity contribution is 5.79. The third-order valence-electron chi connectivity index (χ3n) is 4.92. The maximum Gasteiger partial charge on any atom is 0.191 e. The van der Waals surface area contributed by atoms with Crippen LogP contribution in [-0.4, -0.2) is 54.6 Å². The van der Waals surface area contributed by atoms with Gasteiger partial charge in [-0.3, -0.25) is 4.99 Å². The van der Waals surface area contributed by atoms with Crippen molar-refractivity contribution in [3.05, 3.63) is 41.0 Å². The molecule has 152 valence electrons. The lowest BCUT2D eigenvalue weighted by molar-refractivity contribution is 0.177. The molecule has 1 unspecified atom stereocenters. The fourth-order valence-electron chi connectivity index (χ4n) is 3.40. The van der Waals surface area contributed by atoms with Crippen LogP contribution in [0.4, 0.5) is 0 Å². The van der Waals surface area contributed by atoms with E-state index in [0.717, 1.165) is 61.3 Å². The van der Waals surface area contributed by atoms with Crippen molar-refractivity contribution in [3.63, 3.8) is 0 Å². The lowest BCUT2D eigenvalue weighted by Crippen LogP contribution is -2.47. The Kier molecular flexibility index (Phi) is 6.86. The highest BCUT2D eigenvalue weighted by atomic mass is 16.5. The van der Waals surface area contributed by atoms with Gasteiger partial charge in [0, 0.05) is 33.2 Å². The first kappa shape index (κ1) is 20.1. The molecule has 2 aromatic rings. The van der Waals surface area contributed by atoms with Gasteiger partial charge in [0.15, 0.2) is 11.8 Å². The number of ether oxygens (including phenoxy) is 2. The standard InChI is InChI=1S/C20H30N6O2/c1-14-5-6-15(11-17(14)28-4)9-10-22-20(21-2)23-16-7-8-19-24-18(13-27-3)25-26(19)12-16/h5-6,11,16H,7-10,12-13H2,1-4H3,(H2,21,22,23). The van der Waals surface area contributed by atoms with Gasteiger partial charge in [-0.2, -0.15) is 5.10 Å². The van der Waals surface area contributed by atoms with Gasteiger partial charge in [-0.15, -0.1) is 0 Å². The zero-order valence-corrected chi connectivity index (χ0v) is 17.2. The van der Waals surface area contributed by atoms with Crippen molar-refractivity contribution < 1.29 is 9.47 Å². The maximum atomic E-state index is 5.40. The van der Waals surface area contributed by atoms with Crippen LogP contribution in [0.2, 0.25) is 0 Å². The first-order valence-electron chi connectivity index (χ1n) is 9.65. The Balaban J connectivity index is 1.49. The molecule has 1 aromatic carbocycles. The summed E-state index contributed by atoms with van der Waals surface area (Å²) in [5.74, 6) is 3.51. The van der Waals surface area contributed by atoms with Gasteiger partial charge in [0.2, 0.25) is 0 Å². The van der Waals surface area contributed by atoms with Crippen molar-refractivity contribution in [1.82, 2.24) is 25.4 Å². The van der Waals surface area contributed by atoms with Crippen LogP contribution in [0.15, 0.2) is 23.2 Å². The summed E-state index contributed by atoms with van der Waals surface area (Å²) in [6.45, 7) is 4.08. The van der Waals surface area contributed by atoms with Crippen LogP contribution in [-0.2, 0) is 30.7 Å². The summed E-state index contributed by atoms with van der Waals surface area (Å²) in [6, 6.07) is 6.60. The number of methoxy groups -OCH3 is 2. The Morgan fingerprint density at radius 3 is 2.96 bits per heavy atom. The predicted octanol–water partition coefficient (Wildman–Crippen LogP) is 1.46. The molecule has 2 heterocycles. The Labute approximate surface area is 166 Å². The summed E-state index contributed by atoms with van der Waals surface area (Å²) in [6.07, 6.45) is 2.80. The largest absolute Gasteiger partial charge is 0.496 e. The first-order chi connectivity index (χ1) is 13.6. The second-order valence-corrected chi connectivity index (χ2v) is 6.99. The molecule has 0 aliphatic carbocycles. The third kappa shape index (κ3) is 5.01. The van der Waals surface area contributed by atoms with E-state index in [1.807, 2.05) is 4.68 Å². The van der Waals surface area contributed by atoms with Crippen LogP contribution in [0.5, 0.6) is 5.75 Å². The van der Waals surface area contributed by atoms with E-state index >= 15 is 0 Å². The van der Waals surface area contributed by atoms with Gasteiger partial charge in [-0.25, -0.2) is 9.67 Å². The third-order valence-corrected chi connectivity index (χ3v) is 4.92. The lowest BCUT2D eigenvalue weighted by atomic mass is 10.1. The molecule has 3 rings (SSSR count). The molecule has 0 radical (unpaired) electrons. The average molecular weight is 387 g/mol. The molecule has 1 atom stereocenters. The van der Waals surface area contributed by atoms with E-state index in [4.69, 9.17) is 9.47 Å². The molecule has 0 amide bonds. The van der Waals surface area contributed by atoms with Crippen molar-refractivity contribution in [1.29, 1.82) is 0 Å². The number of fused-ring (bicyclic) bond motifs is 1. The molecule has 0 saturated heterocycles. The Morgan fingerprint density at radius 1 is 1.36 bits per heavy atom. The second-order valence-electron chi connectivity index (χ2n) is 6.99. The fourth-order valence-corrected chi connectivity index (χ4v) is 3.40. The molecule has 8 nitrogen and oxygen atoms in total. The number of hydrogen-bond donors (Lipinski definition) is 2. The molecule has 1 aromatic heterocycles. The van der Waals surface area contributed by atoms with Gasteiger partial charge in [-0.1, -0.05) is 12.1 Å². The molecule has 2 N–H and O–H groups in total. The maximum absolute atomic E-state index is 5.40. The molecule has 0 fully saturated rings. The molecule has 0 spiro atoms. The normalized spacial score (nSPS) is 16.6. The molecule has 28 heavy (non-hydrogen) atoms. The summed E-state index contributed by atoms with van der Waals surface area (Å²) in [7, 11) is 5.16. The van der Waals surface area contributed by atoms with Crippen molar-refractivity contribution in [2.45, 2.75) is 45.4 Å². The van der Waals surface area contributed by atoms with Crippen molar-refractivity contribution in [3.8, 4) is 5.75 Å². The highest BCUT2D eigenvalue weighted by Crippen LogP contribution is 2.19. The smallest absolute Gasteiger partial charge is 0.191 e. The van der Waals surface area contributed by atoms with E-state index in [9.17, 15) is 0 Å². The molecular weight excluding hydrogens is 356 g/mol. The monoisotopic (exact) mass is 386 g/mol. The van der Waals surface area contributed by atoms with Gasteiger partial charge in [0.25, 0.3) is 0 Å². The van der Waals surface area contributed by atoms with Crippen LogP contribution in [0.3, 0.4) is 0 Å². The Hall–Kier alpha value is -2.61. The Bertz CT molecular complexity index is 817. The lowest BCUT2D eigenvalue weighted by Gasteiger charge is -2.25. The molecule has 8 heteroatoms. The molecular formula is C20H30N6O2. The first-order valence-corrected chi connectivity index (χ1v) is 9.65. The van der Waals surface area contributed by atoms with Crippen LogP contribution in [0.25, 0.3) is 0 Å². The van der Waals surface area contributed by atoms with Gasteiger partial charge in [0.1, 0.15) is 18.2 Å². The summed E-state index contributed by atoms with van der Waals surface area (Å²) >= 11 is 0. The van der Waals surface area contributed by atoms with E-state index in [1.54, 1.807) is 21.3 Å². The van der Waals surface area contributed by atoms with E-state index < -0.39 is 0 Å².